The van der Waals surface area contributed by atoms with Crippen molar-refractivity contribution in [2.45, 2.75) is 13.5 Å². The van der Waals surface area contributed by atoms with Gasteiger partial charge >= 0.3 is 0 Å². The average Bonchev–Trinajstić information content (AvgIpc) is 2.77. The molecule has 0 fully saturated rings. The highest BCUT2D eigenvalue weighted by Gasteiger charge is 2.13. The van der Waals surface area contributed by atoms with Crippen LogP contribution >= 0.6 is 27.5 Å². The van der Waals surface area contributed by atoms with Crippen LogP contribution in [0.4, 0.5) is 11.4 Å². The predicted molar refractivity (Wildman–Crippen MR) is 130 cm³/mol. The Kier molecular flexibility index (Phi) is 7.83. The number of carbonyl (C=O) groups is 1. The molecule has 0 spiro atoms. The zero-order valence-corrected chi connectivity index (χ0v) is 19.7. The lowest BCUT2D eigenvalue weighted by molar-refractivity contribution is -0.384. The molecule has 0 radical (unpaired) electrons. The van der Waals surface area contributed by atoms with Gasteiger partial charge in [-0.15, -0.1) is 0 Å². The summed E-state index contributed by atoms with van der Waals surface area (Å²) in [6, 6.07) is 18.4. The first-order valence-corrected chi connectivity index (χ1v) is 10.8. The van der Waals surface area contributed by atoms with Crippen molar-refractivity contribution in [3.05, 3.63) is 103 Å². The quantitative estimate of drug-likeness (QED) is 0.165. The number of carbonyl (C=O) groups excluding carboxylic acids is 1. The molecular weight excluding hydrogens is 510 g/mol. The van der Waals surface area contributed by atoms with Crippen LogP contribution in [0.5, 0.6) is 5.75 Å². The van der Waals surface area contributed by atoms with Crippen LogP contribution in [0, 0.1) is 28.4 Å². The number of hydrogen-bond donors (Lipinski definition) is 1. The fourth-order valence-corrected chi connectivity index (χ4v) is 3.90. The fourth-order valence-electron chi connectivity index (χ4n) is 2.91. The van der Waals surface area contributed by atoms with Crippen LogP contribution in [0.25, 0.3) is 6.08 Å². The molecule has 0 aliphatic heterocycles. The smallest absolute Gasteiger partial charge is 0.269 e. The van der Waals surface area contributed by atoms with E-state index < -0.39 is 10.8 Å². The summed E-state index contributed by atoms with van der Waals surface area (Å²) < 4.78 is 6.29. The molecule has 1 amide bonds. The summed E-state index contributed by atoms with van der Waals surface area (Å²) in [4.78, 5) is 22.8. The lowest BCUT2D eigenvalue weighted by atomic mass is 10.1. The molecule has 0 saturated heterocycles. The van der Waals surface area contributed by atoms with E-state index in [4.69, 9.17) is 16.3 Å². The molecule has 0 unspecified atom stereocenters. The van der Waals surface area contributed by atoms with Gasteiger partial charge in [-0.2, -0.15) is 5.26 Å². The Hall–Kier alpha value is -3.67. The Labute approximate surface area is 203 Å². The number of halogens is 2. The van der Waals surface area contributed by atoms with E-state index in [1.54, 1.807) is 36.4 Å². The van der Waals surface area contributed by atoms with Gasteiger partial charge in [-0.3, -0.25) is 14.9 Å². The van der Waals surface area contributed by atoms with Gasteiger partial charge in [0.15, 0.2) is 5.75 Å². The highest BCUT2D eigenvalue weighted by atomic mass is 79.9. The molecule has 9 heteroatoms. The van der Waals surface area contributed by atoms with E-state index in [2.05, 4.69) is 21.2 Å². The lowest BCUT2D eigenvalue weighted by Crippen LogP contribution is -2.13. The lowest BCUT2D eigenvalue weighted by Gasteiger charge is -2.11. The van der Waals surface area contributed by atoms with Gasteiger partial charge in [0.2, 0.25) is 0 Å². The van der Waals surface area contributed by atoms with Crippen molar-refractivity contribution in [2.75, 3.05) is 5.32 Å². The first-order chi connectivity index (χ1) is 15.8. The Morgan fingerprint density at radius 3 is 2.58 bits per heavy atom. The van der Waals surface area contributed by atoms with E-state index in [0.717, 1.165) is 11.1 Å². The van der Waals surface area contributed by atoms with Gasteiger partial charge < -0.3 is 10.1 Å². The number of nitro groups is 1. The van der Waals surface area contributed by atoms with E-state index in [-0.39, 0.29) is 22.9 Å². The van der Waals surface area contributed by atoms with Gasteiger partial charge in [0, 0.05) is 17.8 Å². The molecule has 3 rings (SSSR count). The first-order valence-electron chi connectivity index (χ1n) is 9.62. The molecule has 0 heterocycles. The standard InChI is InChI=1S/C24H17BrClN3O4/c1-15-3-2-4-19(9-15)28-24(30)18(13-27)10-17-11-21(25)23(22(26)12-17)33-14-16-5-7-20(8-6-16)29(31)32/h2-12H,14H2,1H3,(H,28,30)/b18-10-. The number of nitrogens with one attached hydrogen (secondary N) is 1. The number of rotatable bonds is 7. The maximum atomic E-state index is 12.5. The molecule has 166 valence electrons. The summed E-state index contributed by atoms with van der Waals surface area (Å²) in [5.41, 5.74) is 2.75. The second kappa shape index (κ2) is 10.8. The fraction of sp³-hybridized carbons (Fsp3) is 0.0833. The second-order valence-electron chi connectivity index (χ2n) is 7.02. The summed E-state index contributed by atoms with van der Waals surface area (Å²) in [6.07, 6.45) is 1.43. The SMILES string of the molecule is Cc1cccc(NC(=O)/C(C#N)=C\c2cc(Cl)c(OCc3ccc([N+](=O)[O-])cc3)c(Br)c2)c1. The molecule has 3 aromatic rings. The maximum absolute atomic E-state index is 12.5. The van der Waals surface area contributed by atoms with Gasteiger partial charge in [-0.25, -0.2) is 0 Å². The average molecular weight is 527 g/mol. The van der Waals surface area contributed by atoms with Crippen molar-refractivity contribution in [1.82, 2.24) is 0 Å². The van der Waals surface area contributed by atoms with E-state index >= 15 is 0 Å². The van der Waals surface area contributed by atoms with Gasteiger partial charge in [0.05, 0.1) is 14.4 Å². The Morgan fingerprint density at radius 2 is 1.97 bits per heavy atom. The molecule has 0 aliphatic carbocycles. The summed E-state index contributed by atoms with van der Waals surface area (Å²) in [6.45, 7) is 2.05. The maximum Gasteiger partial charge on any atom is 0.269 e. The molecule has 0 aliphatic rings. The molecule has 0 aromatic heterocycles. The number of nitrogens with zero attached hydrogens (tertiary/aromatic N) is 2. The topological polar surface area (TPSA) is 105 Å². The Morgan fingerprint density at radius 1 is 1.24 bits per heavy atom. The molecule has 0 saturated carbocycles. The highest BCUT2D eigenvalue weighted by Crippen LogP contribution is 2.36. The van der Waals surface area contributed by atoms with Gasteiger partial charge in [0.1, 0.15) is 18.2 Å². The van der Waals surface area contributed by atoms with Gasteiger partial charge in [-0.1, -0.05) is 23.7 Å². The first kappa shape index (κ1) is 24.0. The van der Waals surface area contributed by atoms with Gasteiger partial charge in [0.25, 0.3) is 11.6 Å². The van der Waals surface area contributed by atoms with Crippen LogP contribution in [0.15, 0.2) is 70.7 Å². The van der Waals surface area contributed by atoms with Crippen LogP contribution in [-0.2, 0) is 11.4 Å². The van der Waals surface area contributed by atoms with Crippen molar-refractivity contribution in [1.29, 1.82) is 5.26 Å². The number of amides is 1. The summed E-state index contributed by atoms with van der Waals surface area (Å²) >= 11 is 9.77. The normalized spacial score (nSPS) is 10.9. The highest BCUT2D eigenvalue weighted by molar-refractivity contribution is 9.10. The summed E-state index contributed by atoms with van der Waals surface area (Å²) in [5.74, 6) is -0.163. The van der Waals surface area contributed by atoms with E-state index in [1.165, 1.54) is 18.2 Å². The second-order valence-corrected chi connectivity index (χ2v) is 8.28. The zero-order chi connectivity index (χ0) is 24.0. The minimum atomic E-state index is -0.533. The molecule has 0 atom stereocenters. The molecule has 33 heavy (non-hydrogen) atoms. The number of nitro benzene ring substituents is 1. The Balaban J connectivity index is 1.75. The minimum Gasteiger partial charge on any atom is -0.486 e. The summed E-state index contributed by atoms with van der Waals surface area (Å²) in [7, 11) is 0. The van der Waals surface area contributed by atoms with Gasteiger partial charge in [-0.05, 0) is 82.0 Å². The van der Waals surface area contributed by atoms with Crippen molar-refractivity contribution in [2.24, 2.45) is 0 Å². The summed E-state index contributed by atoms with van der Waals surface area (Å²) in [5, 5.41) is 23.2. The van der Waals surface area contributed by atoms with Crippen LogP contribution in [0.3, 0.4) is 0 Å². The number of nitriles is 1. The van der Waals surface area contributed by atoms with Crippen LogP contribution < -0.4 is 10.1 Å². The minimum absolute atomic E-state index is 0.00571. The third-order valence-corrected chi connectivity index (χ3v) is 5.37. The molecule has 1 N–H and O–H groups in total. The third kappa shape index (κ3) is 6.42. The van der Waals surface area contributed by atoms with E-state index in [1.807, 2.05) is 25.1 Å². The van der Waals surface area contributed by atoms with Crippen molar-refractivity contribution < 1.29 is 14.5 Å². The van der Waals surface area contributed by atoms with Crippen molar-refractivity contribution in [3.63, 3.8) is 0 Å². The van der Waals surface area contributed by atoms with Crippen molar-refractivity contribution >= 4 is 50.9 Å². The predicted octanol–water partition coefficient (Wildman–Crippen LogP) is 6.44. The zero-order valence-electron chi connectivity index (χ0n) is 17.3. The number of ether oxygens (including phenoxy) is 1. The largest absolute Gasteiger partial charge is 0.486 e. The van der Waals surface area contributed by atoms with Crippen LogP contribution in [-0.4, -0.2) is 10.8 Å². The number of aryl methyl sites for hydroxylation is 1. The number of anilines is 1. The Bertz CT molecular complexity index is 1260. The van der Waals surface area contributed by atoms with E-state index in [0.29, 0.717) is 21.5 Å². The molecule has 3 aromatic carbocycles. The number of benzene rings is 3. The van der Waals surface area contributed by atoms with Crippen molar-refractivity contribution in [3.8, 4) is 11.8 Å². The molecule has 0 bridgehead atoms. The number of non-ortho nitro benzene ring substituents is 1. The van der Waals surface area contributed by atoms with Crippen LogP contribution in [0.2, 0.25) is 5.02 Å². The number of hydrogen-bond acceptors (Lipinski definition) is 5. The molecule has 7 nitrogen and oxygen atoms in total. The monoisotopic (exact) mass is 525 g/mol. The van der Waals surface area contributed by atoms with E-state index in [9.17, 15) is 20.2 Å². The van der Waals surface area contributed by atoms with Crippen LogP contribution in [0.1, 0.15) is 16.7 Å². The third-order valence-electron chi connectivity index (χ3n) is 4.50. The molecular formula is C24H17BrClN3O4.